The van der Waals surface area contributed by atoms with Crippen molar-refractivity contribution in [1.82, 2.24) is 9.62 Å². The van der Waals surface area contributed by atoms with Gasteiger partial charge < -0.3 is 10.2 Å². The molecule has 2 aromatic carbocycles. The van der Waals surface area contributed by atoms with Gasteiger partial charge in [-0.2, -0.15) is 16.5 Å². The zero-order valence-corrected chi connectivity index (χ0v) is 20.6. The molecule has 1 unspecified atom stereocenters. The summed E-state index contributed by atoms with van der Waals surface area (Å²) in [5.41, 5.74) is 2.38. The molecular weight excluding hydrogens is 446 g/mol. The summed E-state index contributed by atoms with van der Waals surface area (Å²) in [5, 5.41) is 2.82. The van der Waals surface area contributed by atoms with Gasteiger partial charge >= 0.3 is 0 Å². The summed E-state index contributed by atoms with van der Waals surface area (Å²) in [4.78, 5) is 26.5. The van der Waals surface area contributed by atoms with Crippen molar-refractivity contribution in [1.29, 1.82) is 0 Å². The second-order valence-electron chi connectivity index (χ2n) is 7.49. The molecule has 0 bridgehead atoms. The van der Waals surface area contributed by atoms with Gasteiger partial charge in [0.05, 0.1) is 4.90 Å². The number of carbonyl (C=O) groups excluding carboxylic acids is 2. The van der Waals surface area contributed by atoms with Gasteiger partial charge in [0.15, 0.2) is 0 Å². The Labute approximate surface area is 195 Å². The Balaban J connectivity index is 2.16. The van der Waals surface area contributed by atoms with Crippen molar-refractivity contribution in [3.05, 3.63) is 59.7 Å². The molecule has 2 aromatic rings. The highest BCUT2D eigenvalue weighted by Gasteiger charge is 2.25. The smallest absolute Gasteiger partial charge is 0.242 e. The minimum Gasteiger partial charge on any atom is -0.339 e. The molecule has 9 heteroatoms. The fraction of sp³-hybridized carbons (Fsp3) is 0.391. The summed E-state index contributed by atoms with van der Waals surface area (Å²) < 4.78 is 28.2. The average molecular weight is 478 g/mol. The SMILES string of the molecule is CCN(Cc1cccc(NC(=O)C(CCSC)NS(=O)(=O)c2ccc(C)cc2)c1)C(C)=O. The van der Waals surface area contributed by atoms with Crippen molar-refractivity contribution in [2.24, 2.45) is 0 Å². The van der Waals surface area contributed by atoms with Crippen molar-refractivity contribution < 1.29 is 18.0 Å². The van der Waals surface area contributed by atoms with E-state index in [9.17, 15) is 18.0 Å². The van der Waals surface area contributed by atoms with Crippen molar-refractivity contribution >= 4 is 39.3 Å². The molecule has 0 aromatic heterocycles. The van der Waals surface area contributed by atoms with E-state index in [1.807, 2.05) is 26.2 Å². The van der Waals surface area contributed by atoms with Crippen LogP contribution >= 0.6 is 11.8 Å². The largest absolute Gasteiger partial charge is 0.339 e. The van der Waals surface area contributed by atoms with E-state index in [4.69, 9.17) is 0 Å². The number of thioether (sulfide) groups is 1. The molecule has 174 valence electrons. The summed E-state index contributed by atoms with van der Waals surface area (Å²) in [6.45, 7) is 6.33. The number of rotatable bonds is 11. The van der Waals surface area contributed by atoms with E-state index in [-0.39, 0.29) is 10.8 Å². The van der Waals surface area contributed by atoms with Crippen LogP contribution in [0.1, 0.15) is 31.4 Å². The molecule has 0 saturated heterocycles. The predicted molar refractivity (Wildman–Crippen MR) is 130 cm³/mol. The Hall–Kier alpha value is -2.36. The fourth-order valence-electron chi connectivity index (χ4n) is 3.09. The Bertz CT molecular complexity index is 1020. The molecule has 0 spiro atoms. The van der Waals surface area contributed by atoms with Crippen LogP contribution in [0.5, 0.6) is 0 Å². The normalized spacial score (nSPS) is 12.2. The summed E-state index contributed by atoms with van der Waals surface area (Å²) in [6.07, 6.45) is 2.26. The van der Waals surface area contributed by atoms with Gasteiger partial charge in [0, 0.05) is 25.7 Å². The molecule has 2 N–H and O–H groups in total. The molecule has 1 atom stereocenters. The first-order valence-corrected chi connectivity index (χ1v) is 13.3. The molecular formula is C23H31N3O4S2. The number of amides is 2. The summed E-state index contributed by atoms with van der Waals surface area (Å²) in [5.74, 6) is 0.175. The third-order valence-electron chi connectivity index (χ3n) is 4.95. The molecule has 7 nitrogen and oxygen atoms in total. The maximum atomic E-state index is 13.0. The lowest BCUT2D eigenvalue weighted by Crippen LogP contribution is -2.44. The summed E-state index contributed by atoms with van der Waals surface area (Å²) in [6, 6.07) is 12.8. The molecule has 0 aliphatic rings. The van der Waals surface area contributed by atoms with Crippen LogP contribution in [0, 0.1) is 6.92 Å². The first kappa shape index (κ1) is 25.9. The monoisotopic (exact) mass is 477 g/mol. The van der Waals surface area contributed by atoms with E-state index in [0.29, 0.717) is 31.0 Å². The second-order valence-corrected chi connectivity index (χ2v) is 10.2. The number of nitrogens with zero attached hydrogens (tertiary/aromatic N) is 1. The molecule has 2 rings (SSSR count). The van der Waals surface area contributed by atoms with Gasteiger partial charge in [-0.15, -0.1) is 0 Å². The van der Waals surface area contributed by atoms with Gasteiger partial charge in [-0.1, -0.05) is 29.8 Å². The van der Waals surface area contributed by atoms with Crippen molar-refractivity contribution in [2.75, 3.05) is 23.9 Å². The number of hydrogen-bond donors (Lipinski definition) is 2. The maximum Gasteiger partial charge on any atom is 0.242 e. The van der Waals surface area contributed by atoms with Crippen LogP contribution in [-0.4, -0.2) is 49.7 Å². The number of carbonyl (C=O) groups is 2. The van der Waals surface area contributed by atoms with Crippen LogP contribution in [0.25, 0.3) is 0 Å². The number of hydrogen-bond acceptors (Lipinski definition) is 5. The number of anilines is 1. The van der Waals surface area contributed by atoms with Crippen molar-refractivity contribution in [3.8, 4) is 0 Å². The van der Waals surface area contributed by atoms with E-state index >= 15 is 0 Å². The first-order valence-electron chi connectivity index (χ1n) is 10.4. The quantitative estimate of drug-likeness (QED) is 0.517. The lowest BCUT2D eigenvalue weighted by atomic mass is 10.1. The Morgan fingerprint density at radius 3 is 2.41 bits per heavy atom. The number of aryl methyl sites for hydroxylation is 1. The van der Waals surface area contributed by atoms with E-state index in [1.54, 1.807) is 35.2 Å². The highest BCUT2D eigenvalue weighted by Crippen LogP contribution is 2.16. The number of benzene rings is 2. The molecule has 0 saturated carbocycles. The first-order chi connectivity index (χ1) is 15.2. The van der Waals surface area contributed by atoms with Crippen LogP contribution in [0.4, 0.5) is 5.69 Å². The number of sulfonamides is 1. The van der Waals surface area contributed by atoms with E-state index < -0.39 is 22.0 Å². The van der Waals surface area contributed by atoms with Gasteiger partial charge in [0.2, 0.25) is 21.8 Å². The van der Waals surface area contributed by atoms with E-state index in [0.717, 1.165) is 11.1 Å². The van der Waals surface area contributed by atoms with E-state index in [1.165, 1.54) is 30.8 Å². The lowest BCUT2D eigenvalue weighted by Gasteiger charge is -2.20. The zero-order valence-electron chi connectivity index (χ0n) is 18.9. The van der Waals surface area contributed by atoms with Crippen LogP contribution in [-0.2, 0) is 26.2 Å². The molecule has 2 amide bonds. The van der Waals surface area contributed by atoms with Crippen LogP contribution in [0.15, 0.2) is 53.4 Å². The van der Waals surface area contributed by atoms with Gasteiger partial charge in [-0.25, -0.2) is 8.42 Å². The predicted octanol–water partition coefficient (Wildman–Crippen LogP) is 3.40. The highest BCUT2D eigenvalue weighted by atomic mass is 32.2. The molecule has 0 fully saturated rings. The average Bonchev–Trinajstić information content (AvgIpc) is 2.75. The molecule has 0 heterocycles. The van der Waals surface area contributed by atoms with Gasteiger partial charge in [0.1, 0.15) is 6.04 Å². The Morgan fingerprint density at radius 2 is 1.81 bits per heavy atom. The third kappa shape index (κ3) is 7.65. The third-order valence-corrected chi connectivity index (χ3v) is 7.08. The Morgan fingerprint density at radius 1 is 1.12 bits per heavy atom. The van der Waals surface area contributed by atoms with Gasteiger partial charge in [-0.05, 0) is 62.1 Å². The van der Waals surface area contributed by atoms with Gasteiger partial charge in [-0.3, -0.25) is 9.59 Å². The lowest BCUT2D eigenvalue weighted by molar-refractivity contribution is -0.129. The van der Waals surface area contributed by atoms with Crippen molar-refractivity contribution in [2.45, 2.75) is 44.7 Å². The summed E-state index contributed by atoms with van der Waals surface area (Å²) in [7, 11) is -3.85. The summed E-state index contributed by atoms with van der Waals surface area (Å²) >= 11 is 1.54. The highest BCUT2D eigenvalue weighted by molar-refractivity contribution is 7.98. The molecule has 0 radical (unpaired) electrons. The minimum atomic E-state index is -3.85. The minimum absolute atomic E-state index is 0.0235. The van der Waals surface area contributed by atoms with E-state index in [2.05, 4.69) is 10.0 Å². The maximum absolute atomic E-state index is 13.0. The van der Waals surface area contributed by atoms with Crippen LogP contribution < -0.4 is 10.0 Å². The molecule has 32 heavy (non-hydrogen) atoms. The molecule has 0 aliphatic carbocycles. The topological polar surface area (TPSA) is 95.6 Å². The fourth-order valence-corrected chi connectivity index (χ4v) is 4.80. The van der Waals surface area contributed by atoms with Gasteiger partial charge in [0.25, 0.3) is 0 Å². The second kappa shape index (κ2) is 12.0. The standard InChI is InChI=1S/C23H31N3O4S2/c1-5-26(18(3)27)16-19-7-6-8-20(15-19)24-23(28)22(13-14-31-4)25-32(29,30)21-11-9-17(2)10-12-21/h6-12,15,22,25H,5,13-14,16H2,1-4H3,(H,24,28). The molecule has 0 aliphatic heterocycles. The number of nitrogens with one attached hydrogen (secondary N) is 2. The van der Waals surface area contributed by atoms with Crippen molar-refractivity contribution in [3.63, 3.8) is 0 Å². The Kier molecular flexibility index (Phi) is 9.74. The zero-order chi connectivity index (χ0) is 23.7. The van der Waals surface area contributed by atoms with Crippen LogP contribution in [0.3, 0.4) is 0 Å². The van der Waals surface area contributed by atoms with Crippen LogP contribution in [0.2, 0.25) is 0 Å².